The van der Waals surface area contributed by atoms with Crippen LogP contribution in [0.2, 0.25) is 5.02 Å². The van der Waals surface area contributed by atoms with Gasteiger partial charge in [0.25, 0.3) is 0 Å². The Morgan fingerprint density at radius 1 is 1.22 bits per heavy atom. The number of pyridine rings is 1. The number of aromatic nitrogens is 1. The Labute approximate surface area is 164 Å². The van der Waals surface area contributed by atoms with Gasteiger partial charge in [-0.15, -0.1) is 0 Å². The second kappa shape index (κ2) is 8.26. The van der Waals surface area contributed by atoms with Gasteiger partial charge in [-0.1, -0.05) is 23.7 Å². The summed E-state index contributed by atoms with van der Waals surface area (Å²) in [6, 6.07) is 11.3. The number of hydrogen-bond donors (Lipinski definition) is 1. The summed E-state index contributed by atoms with van der Waals surface area (Å²) in [6.07, 6.45) is 1.89. The molecule has 1 aromatic heterocycles. The molecule has 0 fully saturated rings. The minimum atomic E-state index is 0.584. The number of hydrogen-bond acceptors (Lipinski definition) is 4. The average molecular weight is 381 g/mol. The molecule has 0 saturated heterocycles. The molecule has 0 radical (unpaired) electrons. The molecule has 27 heavy (non-hydrogen) atoms. The van der Waals surface area contributed by atoms with E-state index in [1.807, 2.05) is 50.6 Å². The van der Waals surface area contributed by atoms with Crippen LogP contribution in [-0.2, 0) is 13.1 Å². The third-order valence-corrected chi connectivity index (χ3v) is 4.53. The third kappa shape index (κ3) is 4.30. The number of fused-ring (bicyclic) bond motifs is 1. The molecule has 6 heteroatoms. The molecule has 0 bridgehead atoms. The fourth-order valence-electron chi connectivity index (χ4n) is 2.97. The van der Waals surface area contributed by atoms with Crippen molar-refractivity contribution in [3.8, 4) is 5.75 Å². The van der Waals surface area contributed by atoms with Crippen LogP contribution in [-0.4, -0.2) is 31.1 Å². The number of methoxy groups -OCH3 is 1. The summed E-state index contributed by atoms with van der Waals surface area (Å²) in [5.41, 5.74) is 4.57. The number of halogens is 1. The Morgan fingerprint density at radius 2 is 2.04 bits per heavy atom. The molecule has 1 heterocycles. The first kappa shape index (κ1) is 19.0. The smallest absolute Gasteiger partial charge is 0.188 e. The van der Waals surface area contributed by atoms with Gasteiger partial charge in [0.15, 0.2) is 5.69 Å². The molecular weight excluding hydrogens is 360 g/mol. The van der Waals surface area contributed by atoms with E-state index in [0.717, 1.165) is 34.3 Å². The summed E-state index contributed by atoms with van der Waals surface area (Å²) in [5.74, 6) is 0.657. The van der Waals surface area contributed by atoms with Gasteiger partial charge in [-0.3, -0.25) is 4.98 Å². The van der Waals surface area contributed by atoms with Crippen molar-refractivity contribution in [2.45, 2.75) is 13.1 Å². The molecule has 0 unspecified atom stereocenters. The van der Waals surface area contributed by atoms with Gasteiger partial charge in [-0.05, 0) is 43.9 Å². The summed E-state index contributed by atoms with van der Waals surface area (Å²) in [5, 5.41) is 5.06. The first-order valence-corrected chi connectivity index (χ1v) is 8.89. The molecule has 1 N–H and O–H groups in total. The van der Waals surface area contributed by atoms with Gasteiger partial charge >= 0.3 is 0 Å². The molecule has 0 aliphatic carbocycles. The minimum Gasteiger partial charge on any atom is -0.495 e. The number of rotatable bonds is 6. The third-order valence-electron chi connectivity index (χ3n) is 4.23. The van der Waals surface area contributed by atoms with Crippen LogP contribution in [0.1, 0.15) is 11.1 Å². The van der Waals surface area contributed by atoms with Gasteiger partial charge in [-0.2, -0.15) is 0 Å². The fraction of sp³-hybridized carbons (Fsp3) is 0.238. The monoisotopic (exact) mass is 380 g/mol. The molecule has 0 atom stereocenters. The Morgan fingerprint density at radius 3 is 2.70 bits per heavy atom. The van der Waals surface area contributed by atoms with Crippen molar-refractivity contribution in [2.75, 3.05) is 26.5 Å². The van der Waals surface area contributed by atoms with E-state index in [0.29, 0.717) is 23.0 Å². The molecule has 0 spiro atoms. The predicted molar refractivity (Wildman–Crippen MR) is 111 cm³/mol. The summed E-state index contributed by atoms with van der Waals surface area (Å²) >= 11 is 6.24. The van der Waals surface area contributed by atoms with Crippen molar-refractivity contribution in [3.05, 3.63) is 70.2 Å². The topological polar surface area (TPSA) is 41.8 Å². The highest BCUT2D eigenvalue weighted by atomic mass is 35.5. The lowest BCUT2D eigenvalue weighted by Gasteiger charge is -2.18. The summed E-state index contributed by atoms with van der Waals surface area (Å²) in [6.45, 7) is 8.65. The molecule has 0 amide bonds. The van der Waals surface area contributed by atoms with E-state index in [9.17, 15) is 0 Å². The van der Waals surface area contributed by atoms with Gasteiger partial charge in [0.1, 0.15) is 5.75 Å². The maximum absolute atomic E-state index is 7.30. The highest BCUT2D eigenvalue weighted by molar-refractivity contribution is 6.32. The van der Waals surface area contributed by atoms with Crippen LogP contribution in [0.15, 0.2) is 42.6 Å². The second-order valence-electron chi connectivity index (χ2n) is 6.53. The quantitative estimate of drug-likeness (QED) is 0.602. The molecule has 0 saturated carbocycles. The van der Waals surface area contributed by atoms with E-state index in [1.165, 1.54) is 0 Å². The zero-order valence-corrected chi connectivity index (χ0v) is 16.3. The Hall–Kier alpha value is -2.81. The van der Waals surface area contributed by atoms with Gasteiger partial charge in [0.2, 0.25) is 0 Å². The average Bonchev–Trinajstić information content (AvgIpc) is 2.66. The number of anilines is 1. The van der Waals surface area contributed by atoms with Crippen molar-refractivity contribution < 1.29 is 4.74 Å². The van der Waals surface area contributed by atoms with Gasteiger partial charge < -0.3 is 15.0 Å². The SMILES string of the molecule is [C-]#[N+]c1ccc2ncc(CN(C)C)c(NCc3ccc(OC)c(Cl)c3)c2c1. The predicted octanol–water partition coefficient (Wildman–Crippen LogP) is 5.12. The maximum atomic E-state index is 7.30. The van der Waals surface area contributed by atoms with E-state index in [2.05, 4.69) is 20.0 Å². The molecule has 5 nitrogen and oxygen atoms in total. The molecule has 2 aromatic carbocycles. The number of benzene rings is 2. The van der Waals surface area contributed by atoms with Gasteiger partial charge in [-0.25, -0.2) is 4.85 Å². The number of ether oxygens (including phenoxy) is 1. The van der Waals surface area contributed by atoms with Crippen LogP contribution in [0.4, 0.5) is 11.4 Å². The Balaban J connectivity index is 1.99. The van der Waals surface area contributed by atoms with Crippen molar-refractivity contribution in [2.24, 2.45) is 0 Å². The maximum Gasteiger partial charge on any atom is 0.188 e. The molecule has 138 valence electrons. The molecule has 3 rings (SSSR count). The largest absolute Gasteiger partial charge is 0.495 e. The lowest BCUT2D eigenvalue weighted by atomic mass is 10.1. The van der Waals surface area contributed by atoms with Crippen molar-refractivity contribution in [1.82, 2.24) is 9.88 Å². The first-order valence-electron chi connectivity index (χ1n) is 8.52. The molecular formula is C21H21ClN4O. The summed E-state index contributed by atoms with van der Waals surface area (Å²) in [4.78, 5) is 10.2. The first-order chi connectivity index (χ1) is 13.0. The Kier molecular flexibility index (Phi) is 5.80. The van der Waals surface area contributed by atoms with Crippen molar-refractivity contribution in [1.29, 1.82) is 0 Å². The zero-order chi connectivity index (χ0) is 19.4. The van der Waals surface area contributed by atoms with E-state index in [4.69, 9.17) is 22.9 Å². The highest BCUT2D eigenvalue weighted by Crippen LogP contribution is 2.31. The van der Waals surface area contributed by atoms with E-state index in [-0.39, 0.29) is 0 Å². The van der Waals surface area contributed by atoms with Crippen LogP contribution in [0.3, 0.4) is 0 Å². The van der Waals surface area contributed by atoms with Gasteiger partial charge in [0, 0.05) is 35.9 Å². The Bertz CT molecular complexity index is 1010. The fourth-order valence-corrected chi connectivity index (χ4v) is 3.25. The van der Waals surface area contributed by atoms with Crippen LogP contribution in [0, 0.1) is 6.57 Å². The number of nitrogens with zero attached hydrogens (tertiary/aromatic N) is 3. The number of nitrogens with one attached hydrogen (secondary N) is 1. The second-order valence-corrected chi connectivity index (χ2v) is 6.94. The van der Waals surface area contributed by atoms with E-state index < -0.39 is 0 Å². The van der Waals surface area contributed by atoms with E-state index in [1.54, 1.807) is 13.2 Å². The zero-order valence-electron chi connectivity index (χ0n) is 15.6. The van der Waals surface area contributed by atoms with Crippen molar-refractivity contribution in [3.63, 3.8) is 0 Å². The standard InChI is InChI=1S/C21H21ClN4O/c1-23-16-6-7-19-17(10-16)21(15(12-24-19)13-26(2)3)25-11-14-5-8-20(27-4)18(22)9-14/h5-10,12H,11,13H2,2-4H3,(H,24,25). The highest BCUT2D eigenvalue weighted by Gasteiger charge is 2.11. The van der Waals surface area contributed by atoms with Crippen LogP contribution >= 0.6 is 11.6 Å². The van der Waals surface area contributed by atoms with Crippen LogP contribution in [0.5, 0.6) is 5.75 Å². The molecule has 0 aliphatic rings. The van der Waals surface area contributed by atoms with Gasteiger partial charge in [0.05, 0.1) is 24.2 Å². The normalized spacial score (nSPS) is 10.8. The summed E-state index contributed by atoms with van der Waals surface area (Å²) in [7, 11) is 5.64. The summed E-state index contributed by atoms with van der Waals surface area (Å²) < 4.78 is 5.21. The minimum absolute atomic E-state index is 0.584. The molecule has 0 aliphatic heterocycles. The van der Waals surface area contributed by atoms with E-state index >= 15 is 0 Å². The lowest BCUT2D eigenvalue weighted by Crippen LogP contribution is -2.13. The van der Waals surface area contributed by atoms with Crippen LogP contribution < -0.4 is 10.1 Å². The van der Waals surface area contributed by atoms with Crippen LogP contribution in [0.25, 0.3) is 15.7 Å². The lowest BCUT2D eigenvalue weighted by molar-refractivity contribution is 0.402. The van der Waals surface area contributed by atoms with Crippen molar-refractivity contribution >= 4 is 33.9 Å². The molecule has 3 aromatic rings.